The average molecular weight is 385 g/mol. The van der Waals surface area contributed by atoms with E-state index in [2.05, 4.69) is 11.6 Å². The Labute approximate surface area is 168 Å². The molecule has 3 aromatic carbocycles. The van der Waals surface area contributed by atoms with Crippen molar-refractivity contribution in [3.63, 3.8) is 0 Å². The summed E-state index contributed by atoms with van der Waals surface area (Å²) in [7, 11) is 0. The van der Waals surface area contributed by atoms with E-state index in [0.717, 1.165) is 11.1 Å². The van der Waals surface area contributed by atoms with Crippen LogP contribution in [0.2, 0.25) is 0 Å². The molecular formula is C24H20FN3O. The summed E-state index contributed by atoms with van der Waals surface area (Å²) in [6, 6.07) is 23.3. The second-order valence-corrected chi connectivity index (χ2v) is 6.81. The van der Waals surface area contributed by atoms with Gasteiger partial charge in [0.15, 0.2) is 6.17 Å². The number of amides is 1. The molecular weight excluding hydrogens is 365 g/mol. The first-order valence-corrected chi connectivity index (χ1v) is 9.28. The van der Waals surface area contributed by atoms with Crippen molar-refractivity contribution >= 4 is 22.9 Å². The molecule has 5 heteroatoms. The van der Waals surface area contributed by atoms with Gasteiger partial charge in [-0.05, 0) is 29.3 Å². The molecule has 1 aliphatic heterocycles. The summed E-state index contributed by atoms with van der Waals surface area (Å²) in [5.41, 5.74) is 9.78. The molecule has 1 amide bonds. The van der Waals surface area contributed by atoms with Crippen molar-refractivity contribution in [2.45, 2.75) is 6.17 Å². The number of aliphatic imine (C=N–C) groups is 1. The molecule has 0 fully saturated rings. The van der Waals surface area contributed by atoms with Crippen LogP contribution in [0.3, 0.4) is 0 Å². The van der Waals surface area contributed by atoms with Gasteiger partial charge in [0.25, 0.3) is 5.91 Å². The molecule has 0 saturated carbocycles. The van der Waals surface area contributed by atoms with Crippen LogP contribution < -0.4 is 10.6 Å². The normalized spacial score (nSPS) is 16.1. The van der Waals surface area contributed by atoms with Gasteiger partial charge in [-0.1, -0.05) is 67.2 Å². The average Bonchev–Trinajstić information content (AvgIpc) is 2.85. The van der Waals surface area contributed by atoms with Gasteiger partial charge in [-0.2, -0.15) is 0 Å². The highest BCUT2D eigenvalue weighted by Gasteiger charge is 2.30. The summed E-state index contributed by atoms with van der Waals surface area (Å²) >= 11 is 0. The third-order valence-electron chi connectivity index (χ3n) is 4.90. The largest absolute Gasteiger partial charge is 0.304 e. The first-order valence-electron chi connectivity index (χ1n) is 9.28. The van der Waals surface area contributed by atoms with Gasteiger partial charge >= 0.3 is 0 Å². The molecule has 1 atom stereocenters. The molecule has 0 bridgehead atoms. The Morgan fingerprint density at radius 2 is 1.59 bits per heavy atom. The quantitative estimate of drug-likeness (QED) is 0.738. The number of rotatable bonds is 4. The van der Waals surface area contributed by atoms with Crippen LogP contribution in [0, 0.1) is 5.82 Å². The summed E-state index contributed by atoms with van der Waals surface area (Å²) in [4.78, 5) is 19.1. The van der Waals surface area contributed by atoms with Gasteiger partial charge in [0.05, 0.1) is 17.9 Å². The molecule has 1 heterocycles. The topological polar surface area (TPSA) is 58.7 Å². The van der Waals surface area contributed by atoms with Crippen LogP contribution in [0.5, 0.6) is 0 Å². The minimum atomic E-state index is -1.14. The second kappa shape index (κ2) is 7.81. The Kier molecular flexibility index (Phi) is 5.06. The number of hydrogen-bond acceptors (Lipinski definition) is 3. The number of benzene rings is 3. The van der Waals surface area contributed by atoms with E-state index in [1.54, 1.807) is 23.1 Å². The van der Waals surface area contributed by atoms with Gasteiger partial charge in [-0.25, -0.2) is 4.39 Å². The number of carbonyl (C=O) groups excluding carboxylic acids is 1. The third kappa shape index (κ3) is 3.60. The molecule has 0 aromatic heterocycles. The number of anilines is 1. The minimum absolute atomic E-state index is 0.258. The number of nitrogens with zero attached hydrogens (tertiary/aromatic N) is 2. The Hall–Kier alpha value is -3.57. The maximum atomic E-state index is 14.5. The second-order valence-electron chi connectivity index (χ2n) is 6.81. The van der Waals surface area contributed by atoms with E-state index >= 15 is 0 Å². The molecule has 1 unspecified atom stereocenters. The third-order valence-corrected chi connectivity index (χ3v) is 4.90. The highest BCUT2D eigenvalue weighted by molar-refractivity contribution is 6.20. The van der Waals surface area contributed by atoms with Crippen molar-refractivity contribution in [3.05, 3.63) is 108 Å². The summed E-state index contributed by atoms with van der Waals surface area (Å²) in [5, 5.41) is 0. The van der Waals surface area contributed by atoms with Crippen molar-refractivity contribution in [1.82, 2.24) is 0 Å². The van der Waals surface area contributed by atoms with Gasteiger partial charge < -0.3 is 10.6 Å². The molecule has 29 heavy (non-hydrogen) atoms. The lowest BCUT2D eigenvalue weighted by molar-refractivity contribution is -0.119. The summed E-state index contributed by atoms with van der Waals surface area (Å²) in [6.45, 7) is 4.40. The number of nitrogens with two attached hydrogens (primary N) is 1. The van der Waals surface area contributed by atoms with Crippen molar-refractivity contribution in [2.24, 2.45) is 10.7 Å². The lowest BCUT2D eigenvalue weighted by Gasteiger charge is -2.25. The molecule has 0 saturated heterocycles. The van der Waals surface area contributed by atoms with E-state index in [1.165, 1.54) is 6.07 Å². The van der Waals surface area contributed by atoms with Crippen LogP contribution in [-0.4, -0.2) is 24.3 Å². The zero-order valence-corrected chi connectivity index (χ0v) is 15.8. The Balaban J connectivity index is 1.80. The summed E-state index contributed by atoms with van der Waals surface area (Å²) in [5.74, 6) is -0.774. The Morgan fingerprint density at radius 3 is 2.31 bits per heavy atom. The van der Waals surface area contributed by atoms with Crippen molar-refractivity contribution < 1.29 is 9.18 Å². The summed E-state index contributed by atoms with van der Waals surface area (Å²) < 4.78 is 14.5. The first-order chi connectivity index (χ1) is 14.1. The standard InChI is InChI=1S/C24H20FN3O/c1-16(17-9-3-2-4-10-17)15-28-21-14-8-6-12-19(21)22(27-23(26)24(28)29)18-11-5-7-13-20(18)25/h2-14,23H,1,15,26H2. The van der Waals surface area contributed by atoms with E-state index in [0.29, 0.717) is 22.5 Å². The smallest absolute Gasteiger partial charge is 0.266 e. The monoisotopic (exact) mass is 385 g/mol. The van der Waals surface area contributed by atoms with Crippen LogP contribution in [-0.2, 0) is 4.79 Å². The predicted octanol–water partition coefficient (Wildman–Crippen LogP) is 4.01. The lowest BCUT2D eigenvalue weighted by Crippen LogP contribution is -2.43. The van der Waals surface area contributed by atoms with Crippen molar-refractivity contribution in [1.29, 1.82) is 0 Å². The van der Waals surface area contributed by atoms with E-state index in [9.17, 15) is 9.18 Å². The van der Waals surface area contributed by atoms with Crippen molar-refractivity contribution in [3.8, 4) is 0 Å². The van der Waals surface area contributed by atoms with Gasteiger partial charge in [0.2, 0.25) is 0 Å². The van der Waals surface area contributed by atoms with Crippen LogP contribution in [0.1, 0.15) is 16.7 Å². The highest BCUT2D eigenvalue weighted by atomic mass is 19.1. The minimum Gasteiger partial charge on any atom is -0.304 e. The van der Waals surface area contributed by atoms with Crippen LogP contribution in [0.4, 0.5) is 10.1 Å². The predicted molar refractivity (Wildman–Crippen MR) is 114 cm³/mol. The number of hydrogen-bond donors (Lipinski definition) is 1. The van der Waals surface area contributed by atoms with E-state index in [-0.39, 0.29) is 12.5 Å². The molecule has 0 spiro atoms. The molecule has 3 aromatic rings. The Morgan fingerprint density at radius 1 is 0.966 bits per heavy atom. The van der Waals surface area contributed by atoms with Crippen LogP contribution in [0.25, 0.3) is 5.57 Å². The van der Waals surface area contributed by atoms with Gasteiger partial charge in [0, 0.05) is 11.1 Å². The van der Waals surface area contributed by atoms with Crippen LogP contribution >= 0.6 is 0 Å². The fourth-order valence-corrected chi connectivity index (χ4v) is 3.44. The number of halogens is 1. The zero-order chi connectivity index (χ0) is 20.4. The van der Waals surface area contributed by atoms with E-state index in [1.807, 2.05) is 54.6 Å². The van der Waals surface area contributed by atoms with E-state index < -0.39 is 12.0 Å². The lowest BCUT2D eigenvalue weighted by atomic mass is 9.99. The molecule has 144 valence electrons. The maximum Gasteiger partial charge on any atom is 0.266 e. The number of para-hydroxylation sites is 1. The van der Waals surface area contributed by atoms with Crippen LogP contribution in [0.15, 0.2) is 90.4 Å². The molecule has 0 radical (unpaired) electrons. The zero-order valence-electron chi connectivity index (χ0n) is 15.8. The molecule has 4 rings (SSSR count). The molecule has 0 aliphatic carbocycles. The van der Waals surface area contributed by atoms with Gasteiger partial charge in [-0.3, -0.25) is 9.79 Å². The van der Waals surface area contributed by atoms with Gasteiger partial charge in [0.1, 0.15) is 5.82 Å². The number of benzodiazepines with no additional fused rings is 1. The molecule has 1 aliphatic rings. The highest BCUT2D eigenvalue weighted by Crippen LogP contribution is 2.30. The Bertz CT molecular complexity index is 1110. The number of carbonyl (C=O) groups is 1. The van der Waals surface area contributed by atoms with E-state index in [4.69, 9.17) is 5.73 Å². The summed E-state index contributed by atoms with van der Waals surface area (Å²) in [6.07, 6.45) is -1.14. The fraction of sp³-hybridized carbons (Fsp3) is 0.0833. The van der Waals surface area contributed by atoms with Crippen molar-refractivity contribution in [2.75, 3.05) is 11.4 Å². The van der Waals surface area contributed by atoms with Gasteiger partial charge in [-0.15, -0.1) is 0 Å². The first kappa shape index (κ1) is 18.8. The maximum absolute atomic E-state index is 14.5. The molecule has 2 N–H and O–H groups in total. The SMILES string of the molecule is C=C(CN1C(=O)C(N)N=C(c2ccccc2F)c2ccccc21)c1ccccc1. The number of fused-ring (bicyclic) bond motifs is 1. The fourth-order valence-electron chi connectivity index (χ4n) is 3.44. The molecule has 4 nitrogen and oxygen atoms in total.